The van der Waals surface area contributed by atoms with Crippen LogP contribution in [-0.4, -0.2) is 17.7 Å². The Morgan fingerprint density at radius 2 is 1.95 bits per heavy atom. The van der Waals surface area contributed by atoms with Gasteiger partial charge in [0.15, 0.2) is 0 Å². The summed E-state index contributed by atoms with van der Waals surface area (Å²) < 4.78 is 11.0. The average Bonchev–Trinajstić information content (AvgIpc) is 2.41. The van der Waals surface area contributed by atoms with Crippen molar-refractivity contribution in [2.45, 2.75) is 6.92 Å². The average molecular weight is 273 g/mol. The number of hydrogen-bond donors (Lipinski definition) is 2. The van der Waals surface area contributed by atoms with Crippen LogP contribution in [0.25, 0.3) is 0 Å². The second-order valence-corrected chi connectivity index (χ2v) is 4.07. The van der Waals surface area contributed by atoms with Gasteiger partial charge < -0.3 is 20.3 Å². The first kappa shape index (κ1) is 13.7. The van der Waals surface area contributed by atoms with E-state index in [-0.39, 0.29) is 11.3 Å². The molecule has 0 aromatic heterocycles. The van der Waals surface area contributed by atoms with Crippen LogP contribution in [0.5, 0.6) is 17.2 Å². The molecule has 0 saturated carbocycles. The van der Waals surface area contributed by atoms with Crippen molar-refractivity contribution in [3.8, 4) is 17.2 Å². The minimum absolute atomic E-state index is 0.0202. The van der Waals surface area contributed by atoms with Crippen molar-refractivity contribution in [1.29, 1.82) is 0 Å². The Kier molecular flexibility index (Phi) is 4.10. The van der Waals surface area contributed by atoms with E-state index >= 15 is 0 Å². The number of benzene rings is 2. The van der Waals surface area contributed by atoms with Crippen molar-refractivity contribution < 1.29 is 19.4 Å². The third-order valence-corrected chi connectivity index (χ3v) is 2.58. The van der Waals surface area contributed by atoms with E-state index in [1.807, 2.05) is 6.92 Å². The summed E-state index contributed by atoms with van der Waals surface area (Å²) in [4.78, 5) is 11.2. The monoisotopic (exact) mass is 273 g/mol. The van der Waals surface area contributed by atoms with Crippen molar-refractivity contribution in [1.82, 2.24) is 0 Å². The van der Waals surface area contributed by atoms with Crippen LogP contribution in [0.4, 0.5) is 5.69 Å². The number of hydrogen-bond acceptors (Lipinski definition) is 4. The summed E-state index contributed by atoms with van der Waals surface area (Å²) in [6.07, 6.45) is 0. The smallest absolute Gasteiger partial charge is 0.339 e. The van der Waals surface area contributed by atoms with E-state index in [9.17, 15) is 4.79 Å². The lowest BCUT2D eigenvalue weighted by atomic mass is 10.2. The van der Waals surface area contributed by atoms with E-state index in [0.717, 1.165) is 0 Å². The molecule has 104 valence electrons. The third-order valence-electron chi connectivity index (χ3n) is 2.58. The molecule has 2 rings (SSSR count). The van der Waals surface area contributed by atoms with Gasteiger partial charge in [0, 0.05) is 11.8 Å². The molecule has 0 spiro atoms. The number of aromatic carboxylic acids is 1. The minimum Gasteiger partial charge on any atom is -0.494 e. The van der Waals surface area contributed by atoms with E-state index in [4.69, 9.17) is 20.3 Å². The molecule has 2 aromatic carbocycles. The molecule has 5 heteroatoms. The van der Waals surface area contributed by atoms with Crippen molar-refractivity contribution >= 4 is 11.7 Å². The fraction of sp³-hybridized carbons (Fsp3) is 0.133. The summed E-state index contributed by atoms with van der Waals surface area (Å²) in [7, 11) is 0. The molecular formula is C15H15NO4. The molecule has 0 atom stereocenters. The van der Waals surface area contributed by atoms with Gasteiger partial charge in [-0.15, -0.1) is 0 Å². The number of nitrogen functional groups attached to an aromatic ring is 1. The maximum Gasteiger partial charge on any atom is 0.339 e. The molecule has 3 N–H and O–H groups in total. The molecule has 0 unspecified atom stereocenters. The highest BCUT2D eigenvalue weighted by Crippen LogP contribution is 2.29. The van der Waals surface area contributed by atoms with Gasteiger partial charge in [-0.25, -0.2) is 4.79 Å². The second kappa shape index (κ2) is 5.97. The van der Waals surface area contributed by atoms with Crippen LogP contribution < -0.4 is 15.2 Å². The lowest BCUT2D eigenvalue weighted by Crippen LogP contribution is -2.01. The van der Waals surface area contributed by atoms with Gasteiger partial charge in [0.1, 0.15) is 22.8 Å². The number of carboxylic acid groups (broad SMARTS) is 1. The maximum absolute atomic E-state index is 11.2. The van der Waals surface area contributed by atoms with Gasteiger partial charge in [0.2, 0.25) is 0 Å². The highest BCUT2D eigenvalue weighted by atomic mass is 16.5. The Balaban J connectivity index is 2.30. The second-order valence-electron chi connectivity index (χ2n) is 4.07. The third kappa shape index (κ3) is 3.20. The Morgan fingerprint density at radius 1 is 1.20 bits per heavy atom. The first-order valence-electron chi connectivity index (χ1n) is 6.13. The highest BCUT2D eigenvalue weighted by molar-refractivity contribution is 5.92. The van der Waals surface area contributed by atoms with Crippen LogP contribution in [0.15, 0.2) is 42.5 Å². The molecule has 0 aliphatic heterocycles. The van der Waals surface area contributed by atoms with Crippen molar-refractivity contribution in [3.05, 3.63) is 48.0 Å². The van der Waals surface area contributed by atoms with Crippen molar-refractivity contribution in [3.63, 3.8) is 0 Å². The summed E-state index contributed by atoms with van der Waals surface area (Å²) >= 11 is 0. The summed E-state index contributed by atoms with van der Waals surface area (Å²) in [6.45, 7) is 2.43. The molecule has 0 radical (unpaired) electrons. The topological polar surface area (TPSA) is 81.8 Å². The number of ether oxygens (including phenoxy) is 2. The molecule has 0 aliphatic rings. The molecule has 0 saturated heterocycles. The summed E-state index contributed by atoms with van der Waals surface area (Å²) in [5.41, 5.74) is 5.98. The Labute approximate surface area is 116 Å². The van der Waals surface area contributed by atoms with E-state index in [1.165, 1.54) is 12.1 Å². The van der Waals surface area contributed by atoms with E-state index in [1.54, 1.807) is 30.3 Å². The Bertz CT molecular complexity index is 625. The Hall–Kier alpha value is -2.69. The van der Waals surface area contributed by atoms with Gasteiger partial charge >= 0.3 is 5.97 Å². The lowest BCUT2D eigenvalue weighted by Gasteiger charge is -2.10. The zero-order valence-corrected chi connectivity index (χ0v) is 11.0. The van der Waals surface area contributed by atoms with E-state index < -0.39 is 5.97 Å². The zero-order valence-electron chi connectivity index (χ0n) is 11.0. The predicted molar refractivity (Wildman–Crippen MR) is 75.5 cm³/mol. The molecule has 0 heterocycles. The number of rotatable bonds is 5. The first-order chi connectivity index (χ1) is 9.60. The van der Waals surface area contributed by atoms with Gasteiger partial charge in [-0.05, 0) is 37.3 Å². The minimum atomic E-state index is -1.09. The van der Waals surface area contributed by atoms with Crippen LogP contribution in [0.2, 0.25) is 0 Å². The fourth-order valence-corrected chi connectivity index (χ4v) is 1.72. The summed E-state index contributed by atoms with van der Waals surface area (Å²) in [6, 6.07) is 11.5. The number of carboxylic acids is 1. The summed E-state index contributed by atoms with van der Waals surface area (Å²) in [5, 5.41) is 9.15. The van der Waals surface area contributed by atoms with Gasteiger partial charge in [-0.3, -0.25) is 0 Å². The van der Waals surface area contributed by atoms with Crippen molar-refractivity contribution in [2.24, 2.45) is 0 Å². The first-order valence-corrected chi connectivity index (χ1v) is 6.13. The highest BCUT2D eigenvalue weighted by Gasteiger charge is 2.12. The zero-order chi connectivity index (χ0) is 14.5. The van der Waals surface area contributed by atoms with Crippen molar-refractivity contribution in [2.75, 3.05) is 12.3 Å². The maximum atomic E-state index is 11.2. The molecule has 5 nitrogen and oxygen atoms in total. The normalized spacial score (nSPS) is 10.1. The molecule has 0 bridgehead atoms. The number of anilines is 1. The van der Waals surface area contributed by atoms with Gasteiger partial charge in [0.25, 0.3) is 0 Å². The van der Waals surface area contributed by atoms with Gasteiger partial charge in [-0.2, -0.15) is 0 Å². The summed E-state index contributed by atoms with van der Waals surface area (Å²) in [5.74, 6) is 0.314. The van der Waals surface area contributed by atoms with Crippen LogP contribution in [-0.2, 0) is 0 Å². The largest absolute Gasteiger partial charge is 0.494 e. The number of nitrogens with two attached hydrogens (primary N) is 1. The fourth-order valence-electron chi connectivity index (χ4n) is 1.72. The molecule has 0 fully saturated rings. The number of carbonyl (C=O) groups is 1. The predicted octanol–water partition coefficient (Wildman–Crippen LogP) is 3.16. The van der Waals surface area contributed by atoms with Crippen LogP contribution in [0.3, 0.4) is 0 Å². The molecular weight excluding hydrogens is 258 g/mol. The van der Waals surface area contributed by atoms with E-state index in [0.29, 0.717) is 23.8 Å². The molecule has 20 heavy (non-hydrogen) atoms. The van der Waals surface area contributed by atoms with Crippen LogP contribution >= 0.6 is 0 Å². The van der Waals surface area contributed by atoms with Gasteiger partial charge in [-0.1, -0.05) is 6.07 Å². The quantitative estimate of drug-likeness (QED) is 0.818. The molecule has 2 aromatic rings. The van der Waals surface area contributed by atoms with E-state index in [2.05, 4.69) is 0 Å². The Morgan fingerprint density at radius 3 is 2.65 bits per heavy atom. The molecule has 0 amide bonds. The van der Waals surface area contributed by atoms with Crippen LogP contribution in [0.1, 0.15) is 17.3 Å². The molecule has 0 aliphatic carbocycles. The SMILES string of the molecule is CCOc1cccc(Oc2ccc(N)cc2C(=O)O)c1. The lowest BCUT2D eigenvalue weighted by molar-refractivity contribution is 0.0694. The van der Waals surface area contributed by atoms with Crippen LogP contribution in [0, 0.1) is 0 Å². The van der Waals surface area contributed by atoms with Gasteiger partial charge in [0.05, 0.1) is 6.61 Å². The standard InChI is InChI=1S/C15H15NO4/c1-2-19-11-4-3-5-12(9-11)20-14-7-6-10(16)8-13(14)15(17)18/h3-9H,2,16H2,1H3,(H,17,18).